The van der Waals surface area contributed by atoms with E-state index in [9.17, 15) is 5.11 Å². The first kappa shape index (κ1) is 13.8. The van der Waals surface area contributed by atoms with E-state index in [4.69, 9.17) is 4.42 Å². The Morgan fingerprint density at radius 2 is 2.21 bits per heavy atom. The molecule has 0 saturated heterocycles. The summed E-state index contributed by atoms with van der Waals surface area (Å²) in [6.45, 7) is 6.80. The first-order valence-corrected chi connectivity index (χ1v) is 6.36. The molecule has 0 fully saturated rings. The second-order valence-electron chi connectivity index (χ2n) is 5.22. The predicted molar refractivity (Wildman–Crippen MR) is 72.7 cm³/mol. The van der Waals surface area contributed by atoms with E-state index in [2.05, 4.69) is 10.4 Å². The number of hydrogen-bond acceptors (Lipinski definition) is 4. The second-order valence-corrected chi connectivity index (χ2v) is 5.22. The van der Waals surface area contributed by atoms with Crippen molar-refractivity contribution in [2.75, 3.05) is 6.54 Å². The third kappa shape index (κ3) is 3.24. The Morgan fingerprint density at radius 1 is 1.47 bits per heavy atom. The summed E-state index contributed by atoms with van der Waals surface area (Å²) < 4.78 is 7.16. The number of nitrogens with one attached hydrogen (secondary N) is 1. The molecule has 0 aromatic carbocycles. The van der Waals surface area contributed by atoms with Crippen LogP contribution >= 0.6 is 0 Å². The van der Waals surface area contributed by atoms with Crippen LogP contribution in [0, 0.1) is 13.8 Å². The van der Waals surface area contributed by atoms with Gasteiger partial charge >= 0.3 is 0 Å². The van der Waals surface area contributed by atoms with Crippen LogP contribution in [-0.4, -0.2) is 21.4 Å². The lowest BCUT2D eigenvalue weighted by Crippen LogP contribution is -2.34. The van der Waals surface area contributed by atoms with Crippen LogP contribution in [0.25, 0.3) is 0 Å². The molecule has 19 heavy (non-hydrogen) atoms. The quantitative estimate of drug-likeness (QED) is 0.860. The third-order valence-corrected chi connectivity index (χ3v) is 3.26. The van der Waals surface area contributed by atoms with Crippen molar-refractivity contribution in [3.05, 3.63) is 41.1 Å². The van der Waals surface area contributed by atoms with Crippen molar-refractivity contribution in [2.45, 2.75) is 32.9 Å². The van der Waals surface area contributed by atoms with Gasteiger partial charge in [-0.25, -0.2) is 0 Å². The molecule has 0 aliphatic heterocycles. The molecule has 5 nitrogen and oxygen atoms in total. The Bertz CT molecular complexity index is 555. The Labute approximate surface area is 113 Å². The van der Waals surface area contributed by atoms with Gasteiger partial charge in [0, 0.05) is 37.5 Å². The average molecular weight is 263 g/mol. The molecule has 0 saturated carbocycles. The van der Waals surface area contributed by atoms with Crippen LogP contribution in [0.2, 0.25) is 0 Å². The van der Waals surface area contributed by atoms with Gasteiger partial charge in [0.2, 0.25) is 0 Å². The van der Waals surface area contributed by atoms with E-state index in [0.29, 0.717) is 13.1 Å². The summed E-state index contributed by atoms with van der Waals surface area (Å²) in [5, 5.41) is 17.7. The summed E-state index contributed by atoms with van der Waals surface area (Å²) in [4.78, 5) is 0. The highest BCUT2D eigenvalue weighted by atomic mass is 16.3. The molecule has 2 aromatic rings. The van der Waals surface area contributed by atoms with Crippen LogP contribution < -0.4 is 5.32 Å². The van der Waals surface area contributed by atoms with E-state index < -0.39 is 5.60 Å². The minimum atomic E-state index is -0.930. The van der Waals surface area contributed by atoms with Crippen molar-refractivity contribution < 1.29 is 9.52 Å². The SMILES string of the molecule is Cc1cc(CNCC(C)(O)c2cnn(C)c2)c(C)o1. The van der Waals surface area contributed by atoms with Gasteiger partial charge in [-0.05, 0) is 26.8 Å². The maximum Gasteiger partial charge on any atom is 0.105 e. The molecule has 0 bridgehead atoms. The van der Waals surface area contributed by atoms with E-state index >= 15 is 0 Å². The number of rotatable bonds is 5. The highest BCUT2D eigenvalue weighted by Gasteiger charge is 2.24. The second kappa shape index (κ2) is 5.19. The van der Waals surface area contributed by atoms with Crippen molar-refractivity contribution in [1.82, 2.24) is 15.1 Å². The summed E-state index contributed by atoms with van der Waals surface area (Å²) in [5.74, 6) is 1.83. The maximum absolute atomic E-state index is 10.4. The number of hydrogen-bond donors (Lipinski definition) is 2. The molecule has 2 heterocycles. The zero-order valence-corrected chi connectivity index (χ0v) is 11.9. The fraction of sp³-hybridized carbons (Fsp3) is 0.500. The van der Waals surface area contributed by atoms with Crippen LogP contribution in [0.1, 0.15) is 29.6 Å². The van der Waals surface area contributed by atoms with Crippen LogP contribution in [-0.2, 0) is 19.2 Å². The molecule has 0 spiro atoms. The molecular formula is C14H21N3O2. The fourth-order valence-electron chi connectivity index (χ4n) is 2.10. The summed E-state index contributed by atoms with van der Waals surface area (Å²) in [6, 6.07) is 2.02. The van der Waals surface area contributed by atoms with E-state index in [1.54, 1.807) is 17.8 Å². The van der Waals surface area contributed by atoms with Gasteiger partial charge in [-0.15, -0.1) is 0 Å². The van der Waals surface area contributed by atoms with Crippen molar-refractivity contribution in [3.63, 3.8) is 0 Å². The molecular weight excluding hydrogens is 242 g/mol. The van der Waals surface area contributed by atoms with E-state index in [1.807, 2.05) is 33.2 Å². The minimum absolute atomic E-state index is 0.461. The normalized spacial score (nSPS) is 14.6. The average Bonchev–Trinajstić information content (AvgIpc) is 2.86. The predicted octanol–water partition coefficient (Wildman–Crippen LogP) is 1.63. The Kier molecular flexibility index (Phi) is 3.78. The van der Waals surface area contributed by atoms with E-state index in [0.717, 1.165) is 22.6 Å². The van der Waals surface area contributed by atoms with Gasteiger partial charge in [0.15, 0.2) is 0 Å². The summed E-state index contributed by atoms with van der Waals surface area (Å²) in [6.07, 6.45) is 3.52. The Hall–Kier alpha value is -1.59. The first-order chi connectivity index (χ1) is 8.88. The monoisotopic (exact) mass is 263 g/mol. The lowest BCUT2D eigenvalue weighted by Gasteiger charge is -2.22. The van der Waals surface area contributed by atoms with E-state index in [-0.39, 0.29) is 0 Å². The van der Waals surface area contributed by atoms with Crippen molar-refractivity contribution in [2.24, 2.45) is 7.05 Å². The van der Waals surface area contributed by atoms with Crippen molar-refractivity contribution >= 4 is 0 Å². The fourth-order valence-corrected chi connectivity index (χ4v) is 2.10. The molecule has 0 aliphatic rings. The lowest BCUT2D eigenvalue weighted by molar-refractivity contribution is 0.0565. The molecule has 2 N–H and O–H groups in total. The Morgan fingerprint density at radius 3 is 2.74 bits per heavy atom. The van der Waals surface area contributed by atoms with E-state index in [1.165, 1.54) is 0 Å². The first-order valence-electron chi connectivity index (χ1n) is 6.36. The number of nitrogens with zero attached hydrogens (tertiary/aromatic N) is 2. The van der Waals surface area contributed by atoms with Crippen molar-refractivity contribution in [1.29, 1.82) is 0 Å². The van der Waals surface area contributed by atoms with Crippen LogP contribution in [0.5, 0.6) is 0 Å². The van der Waals surface area contributed by atoms with Crippen molar-refractivity contribution in [3.8, 4) is 0 Å². The molecule has 0 amide bonds. The Balaban J connectivity index is 1.93. The van der Waals surface area contributed by atoms with Crippen LogP contribution in [0.15, 0.2) is 22.9 Å². The highest BCUT2D eigenvalue weighted by molar-refractivity contribution is 5.20. The molecule has 0 aliphatic carbocycles. The van der Waals surface area contributed by atoms with Gasteiger partial charge in [-0.3, -0.25) is 4.68 Å². The number of aromatic nitrogens is 2. The standard InChI is InChI=1S/C14H21N3O2/c1-10-5-12(11(2)19-10)6-15-9-14(3,18)13-7-16-17(4)8-13/h5,7-8,15,18H,6,9H2,1-4H3. The van der Waals surface area contributed by atoms with Crippen LogP contribution in [0.3, 0.4) is 0 Å². The molecule has 2 rings (SSSR count). The minimum Gasteiger partial charge on any atom is -0.466 e. The molecule has 104 valence electrons. The van der Waals surface area contributed by atoms with Gasteiger partial charge < -0.3 is 14.8 Å². The van der Waals surface area contributed by atoms with Gasteiger partial charge in [0.05, 0.1) is 6.20 Å². The maximum atomic E-state index is 10.4. The lowest BCUT2D eigenvalue weighted by atomic mass is 9.99. The summed E-state index contributed by atoms with van der Waals surface area (Å²) >= 11 is 0. The van der Waals surface area contributed by atoms with Gasteiger partial charge in [-0.1, -0.05) is 0 Å². The number of aliphatic hydroxyl groups is 1. The largest absolute Gasteiger partial charge is 0.466 e. The molecule has 1 atom stereocenters. The zero-order chi connectivity index (χ0) is 14.0. The highest BCUT2D eigenvalue weighted by Crippen LogP contribution is 2.19. The topological polar surface area (TPSA) is 63.2 Å². The van der Waals surface area contributed by atoms with Gasteiger partial charge in [0.25, 0.3) is 0 Å². The summed E-state index contributed by atoms with van der Waals surface area (Å²) in [7, 11) is 1.84. The molecule has 5 heteroatoms. The van der Waals surface area contributed by atoms with Gasteiger partial charge in [0.1, 0.15) is 17.1 Å². The third-order valence-electron chi connectivity index (χ3n) is 3.26. The molecule has 2 aromatic heterocycles. The molecule has 0 radical (unpaired) electrons. The smallest absolute Gasteiger partial charge is 0.105 e. The summed E-state index contributed by atoms with van der Waals surface area (Å²) in [5.41, 5.74) is 1.00. The molecule has 1 unspecified atom stereocenters. The number of furan rings is 1. The number of aryl methyl sites for hydroxylation is 3. The zero-order valence-electron chi connectivity index (χ0n) is 11.9. The van der Waals surface area contributed by atoms with Crippen LogP contribution in [0.4, 0.5) is 0 Å². The van der Waals surface area contributed by atoms with Gasteiger partial charge in [-0.2, -0.15) is 5.10 Å².